The highest BCUT2D eigenvalue weighted by Gasteiger charge is 2.44. The van der Waals surface area contributed by atoms with Gasteiger partial charge in [-0.1, -0.05) is 18.2 Å². The van der Waals surface area contributed by atoms with Crippen molar-refractivity contribution in [3.8, 4) is 0 Å². The Bertz CT molecular complexity index is 1060. The maximum Gasteiger partial charge on any atom is 0.256 e. The second-order valence-electron chi connectivity index (χ2n) is 6.77. The standard InChI is InChI=1S/C22H18FN3O3S/c23-15-8-10-16(11-9-15)24-20(27)13-19-21(28)26(17-5-2-1-3-6-17)22(30)25(19)14-18-7-4-12-29-18/h1-12,19H,13-14H2,(H,24,27)/t19-/m1/s1. The summed E-state index contributed by atoms with van der Waals surface area (Å²) in [6, 6.07) is 17.2. The van der Waals surface area contributed by atoms with Crippen molar-refractivity contribution >= 4 is 40.5 Å². The van der Waals surface area contributed by atoms with Crippen LogP contribution in [-0.2, 0) is 16.1 Å². The molecule has 0 bridgehead atoms. The summed E-state index contributed by atoms with van der Waals surface area (Å²) in [7, 11) is 0. The molecule has 0 unspecified atom stereocenters. The molecule has 0 radical (unpaired) electrons. The molecule has 0 saturated carbocycles. The summed E-state index contributed by atoms with van der Waals surface area (Å²) in [6.45, 7) is 0.259. The summed E-state index contributed by atoms with van der Waals surface area (Å²) in [5.74, 6) is -0.425. The number of carbonyl (C=O) groups excluding carboxylic acids is 2. The van der Waals surface area contributed by atoms with Crippen LogP contribution in [-0.4, -0.2) is 27.9 Å². The van der Waals surface area contributed by atoms with Crippen LogP contribution in [0, 0.1) is 5.82 Å². The average molecular weight is 423 g/mol. The normalized spacial score (nSPS) is 16.2. The number of amides is 2. The molecule has 2 aromatic carbocycles. The number of para-hydroxylation sites is 1. The number of benzene rings is 2. The first-order valence-corrected chi connectivity index (χ1v) is 9.71. The number of nitrogens with one attached hydrogen (secondary N) is 1. The number of rotatable bonds is 6. The van der Waals surface area contributed by atoms with Crippen LogP contribution >= 0.6 is 12.2 Å². The quantitative estimate of drug-likeness (QED) is 0.608. The van der Waals surface area contributed by atoms with E-state index in [1.165, 1.54) is 29.2 Å². The van der Waals surface area contributed by atoms with E-state index in [2.05, 4.69) is 5.32 Å². The van der Waals surface area contributed by atoms with Gasteiger partial charge in [-0.25, -0.2) is 4.39 Å². The van der Waals surface area contributed by atoms with Crippen molar-refractivity contribution in [3.05, 3.63) is 84.6 Å². The summed E-state index contributed by atoms with van der Waals surface area (Å²) in [5.41, 5.74) is 1.09. The van der Waals surface area contributed by atoms with Crippen LogP contribution in [0.4, 0.5) is 15.8 Å². The van der Waals surface area contributed by atoms with Gasteiger partial charge in [-0.3, -0.25) is 14.5 Å². The first-order valence-electron chi connectivity index (χ1n) is 9.30. The zero-order valence-electron chi connectivity index (χ0n) is 15.8. The highest BCUT2D eigenvalue weighted by molar-refractivity contribution is 7.80. The first-order chi connectivity index (χ1) is 14.5. The van der Waals surface area contributed by atoms with Crippen LogP contribution < -0.4 is 10.2 Å². The van der Waals surface area contributed by atoms with Gasteiger partial charge in [0.05, 0.1) is 24.9 Å². The van der Waals surface area contributed by atoms with E-state index in [0.29, 0.717) is 22.2 Å². The Kier molecular flexibility index (Phi) is 5.58. The van der Waals surface area contributed by atoms with Crippen molar-refractivity contribution < 1.29 is 18.4 Å². The monoisotopic (exact) mass is 423 g/mol. The second-order valence-corrected chi connectivity index (χ2v) is 7.14. The third-order valence-corrected chi connectivity index (χ3v) is 5.16. The molecular formula is C22H18FN3O3S. The molecule has 1 N–H and O–H groups in total. The maximum atomic E-state index is 13.2. The summed E-state index contributed by atoms with van der Waals surface area (Å²) < 4.78 is 18.5. The largest absolute Gasteiger partial charge is 0.467 e. The van der Waals surface area contributed by atoms with Gasteiger partial charge in [0.2, 0.25) is 5.91 Å². The molecule has 3 aromatic rings. The molecule has 1 saturated heterocycles. The van der Waals surface area contributed by atoms with Crippen LogP contribution in [0.1, 0.15) is 12.2 Å². The summed E-state index contributed by atoms with van der Waals surface area (Å²) in [4.78, 5) is 29.0. The molecule has 2 amide bonds. The molecule has 1 fully saturated rings. The van der Waals surface area contributed by atoms with Crippen molar-refractivity contribution in [3.63, 3.8) is 0 Å². The molecule has 8 heteroatoms. The minimum Gasteiger partial charge on any atom is -0.467 e. The van der Waals surface area contributed by atoms with E-state index in [-0.39, 0.29) is 24.8 Å². The van der Waals surface area contributed by atoms with E-state index in [9.17, 15) is 14.0 Å². The predicted molar refractivity (Wildman–Crippen MR) is 114 cm³/mol. The minimum atomic E-state index is -0.789. The maximum absolute atomic E-state index is 13.2. The van der Waals surface area contributed by atoms with Gasteiger partial charge < -0.3 is 14.6 Å². The number of hydrogen-bond acceptors (Lipinski definition) is 4. The lowest BCUT2D eigenvalue weighted by molar-refractivity contribution is -0.124. The Balaban J connectivity index is 1.57. The number of halogens is 1. The minimum absolute atomic E-state index is 0.111. The lowest BCUT2D eigenvalue weighted by Crippen LogP contribution is -2.37. The smallest absolute Gasteiger partial charge is 0.256 e. The average Bonchev–Trinajstić information content (AvgIpc) is 3.33. The molecule has 1 aliphatic rings. The Morgan fingerprint density at radius 2 is 1.80 bits per heavy atom. The number of furan rings is 1. The number of carbonyl (C=O) groups is 2. The molecule has 6 nitrogen and oxygen atoms in total. The lowest BCUT2D eigenvalue weighted by Gasteiger charge is -2.22. The SMILES string of the molecule is O=C(C[C@@H]1C(=O)N(c2ccccc2)C(=S)N1Cc1ccco1)Nc1ccc(F)cc1. The fourth-order valence-corrected chi connectivity index (χ4v) is 3.71. The molecule has 1 aliphatic heterocycles. The summed E-state index contributed by atoms with van der Waals surface area (Å²) in [5, 5.41) is 3.00. The van der Waals surface area contributed by atoms with Gasteiger partial charge in [-0.05, 0) is 60.7 Å². The molecule has 0 spiro atoms. The molecule has 2 heterocycles. The Labute approximate surface area is 177 Å². The molecule has 0 aliphatic carbocycles. The molecule has 4 rings (SSSR count). The number of hydrogen-bond donors (Lipinski definition) is 1. The fraction of sp³-hybridized carbons (Fsp3) is 0.136. The van der Waals surface area contributed by atoms with E-state index in [1.807, 2.05) is 18.2 Å². The van der Waals surface area contributed by atoms with Crippen molar-refractivity contribution in [2.24, 2.45) is 0 Å². The summed E-state index contributed by atoms with van der Waals surface area (Å²) in [6.07, 6.45) is 1.43. The van der Waals surface area contributed by atoms with Gasteiger partial charge in [0, 0.05) is 5.69 Å². The number of nitrogens with zero attached hydrogens (tertiary/aromatic N) is 2. The lowest BCUT2D eigenvalue weighted by atomic mass is 10.1. The van der Waals surface area contributed by atoms with Gasteiger partial charge in [0.15, 0.2) is 5.11 Å². The van der Waals surface area contributed by atoms with Gasteiger partial charge >= 0.3 is 0 Å². The van der Waals surface area contributed by atoms with Crippen LogP contribution in [0.2, 0.25) is 0 Å². The molecule has 30 heavy (non-hydrogen) atoms. The topological polar surface area (TPSA) is 65.8 Å². The van der Waals surface area contributed by atoms with Crippen LogP contribution in [0.15, 0.2) is 77.4 Å². The van der Waals surface area contributed by atoms with Crippen molar-refractivity contribution in [2.45, 2.75) is 19.0 Å². The fourth-order valence-electron chi connectivity index (χ4n) is 3.32. The Morgan fingerprint density at radius 3 is 2.47 bits per heavy atom. The second kappa shape index (κ2) is 8.46. The predicted octanol–water partition coefficient (Wildman–Crippen LogP) is 3.95. The Morgan fingerprint density at radius 1 is 1.07 bits per heavy atom. The summed E-state index contributed by atoms with van der Waals surface area (Å²) >= 11 is 5.58. The van der Waals surface area contributed by atoms with E-state index < -0.39 is 11.9 Å². The van der Waals surface area contributed by atoms with Crippen molar-refractivity contribution in [1.82, 2.24) is 4.90 Å². The molecule has 1 atom stereocenters. The van der Waals surface area contributed by atoms with Gasteiger partial charge in [-0.2, -0.15) is 0 Å². The Hall–Kier alpha value is -3.52. The molecular weight excluding hydrogens is 405 g/mol. The van der Waals surface area contributed by atoms with E-state index in [4.69, 9.17) is 16.6 Å². The number of thiocarbonyl (C=S) groups is 1. The molecule has 152 valence electrons. The van der Waals surface area contributed by atoms with Gasteiger partial charge in [0.25, 0.3) is 5.91 Å². The van der Waals surface area contributed by atoms with Crippen LogP contribution in [0.25, 0.3) is 0 Å². The third-order valence-electron chi connectivity index (χ3n) is 4.75. The van der Waals surface area contributed by atoms with Gasteiger partial charge in [-0.15, -0.1) is 0 Å². The van der Waals surface area contributed by atoms with E-state index >= 15 is 0 Å². The first kappa shape index (κ1) is 19.8. The van der Waals surface area contributed by atoms with Crippen LogP contribution in [0.5, 0.6) is 0 Å². The zero-order valence-corrected chi connectivity index (χ0v) is 16.6. The van der Waals surface area contributed by atoms with Gasteiger partial charge in [0.1, 0.15) is 17.6 Å². The van der Waals surface area contributed by atoms with E-state index in [1.54, 1.807) is 35.4 Å². The highest BCUT2D eigenvalue weighted by Crippen LogP contribution is 2.28. The van der Waals surface area contributed by atoms with Crippen molar-refractivity contribution in [1.29, 1.82) is 0 Å². The highest BCUT2D eigenvalue weighted by atomic mass is 32.1. The number of anilines is 2. The van der Waals surface area contributed by atoms with Crippen molar-refractivity contribution in [2.75, 3.05) is 10.2 Å². The third kappa shape index (κ3) is 4.08. The molecule has 1 aromatic heterocycles. The zero-order chi connectivity index (χ0) is 21.1. The van der Waals surface area contributed by atoms with E-state index in [0.717, 1.165) is 0 Å². The van der Waals surface area contributed by atoms with Crippen LogP contribution in [0.3, 0.4) is 0 Å².